The lowest BCUT2D eigenvalue weighted by atomic mass is 9.98. The van der Waals surface area contributed by atoms with Crippen molar-refractivity contribution in [2.75, 3.05) is 10.7 Å². The van der Waals surface area contributed by atoms with Crippen molar-refractivity contribution in [3.63, 3.8) is 0 Å². The minimum Gasteiger partial charge on any atom is -0.366 e. The van der Waals surface area contributed by atoms with Gasteiger partial charge in [-0.1, -0.05) is 13.8 Å². The zero-order valence-electron chi connectivity index (χ0n) is 10.1. The van der Waals surface area contributed by atoms with Gasteiger partial charge in [-0.15, -0.1) is 0 Å². The zero-order valence-corrected chi connectivity index (χ0v) is 11.7. The van der Waals surface area contributed by atoms with Gasteiger partial charge in [0, 0.05) is 6.04 Å². The van der Waals surface area contributed by atoms with Crippen molar-refractivity contribution in [2.45, 2.75) is 32.7 Å². The van der Waals surface area contributed by atoms with E-state index in [9.17, 15) is 0 Å². The van der Waals surface area contributed by atoms with Crippen LogP contribution < -0.4 is 16.6 Å². The number of nitrogen functional groups attached to an aromatic ring is 1. The van der Waals surface area contributed by atoms with Gasteiger partial charge in [0.05, 0.1) is 0 Å². The molecule has 0 spiro atoms. The van der Waals surface area contributed by atoms with Crippen LogP contribution in [-0.4, -0.2) is 16.0 Å². The Morgan fingerprint density at radius 2 is 2.00 bits per heavy atom. The van der Waals surface area contributed by atoms with Crippen LogP contribution in [0.4, 0.5) is 11.6 Å². The summed E-state index contributed by atoms with van der Waals surface area (Å²) in [4.78, 5) is 8.28. The van der Waals surface area contributed by atoms with E-state index in [0.29, 0.717) is 17.8 Å². The van der Waals surface area contributed by atoms with Gasteiger partial charge < -0.3 is 10.7 Å². The molecule has 0 aromatic carbocycles. The zero-order chi connectivity index (χ0) is 12.4. The Hall–Kier alpha value is -0.880. The number of nitrogens with two attached hydrogens (primary N) is 1. The van der Waals surface area contributed by atoms with E-state index in [1.54, 1.807) is 0 Å². The molecular formula is C11H18BrN5. The number of aromatic nitrogens is 2. The Bertz CT molecular complexity index is 397. The largest absolute Gasteiger partial charge is 0.366 e. The van der Waals surface area contributed by atoms with Crippen molar-refractivity contribution in [3.05, 3.63) is 10.8 Å². The summed E-state index contributed by atoms with van der Waals surface area (Å²) >= 11 is 3.45. The Labute approximate surface area is 110 Å². The summed E-state index contributed by atoms with van der Waals surface area (Å²) in [6, 6.07) is 0.474. The summed E-state index contributed by atoms with van der Waals surface area (Å²) in [6.45, 7) is 4.58. The fourth-order valence-electron chi connectivity index (χ4n) is 2.32. The first kappa shape index (κ1) is 12.6. The van der Waals surface area contributed by atoms with E-state index >= 15 is 0 Å². The molecule has 2 rings (SSSR count). The Morgan fingerprint density at radius 3 is 2.59 bits per heavy atom. The van der Waals surface area contributed by atoms with Crippen molar-refractivity contribution in [3.8, 4) is 0 Å². The van der Waals surface area contributed by atoms with Crippen molar-refractivity contribution in [1.29, 1.82) is 0 Å². The van der Waals surface area contributed by atoms with Crippen molar-refractivity contribution in [1.82, 2.24) is 9.97 Å². The molecule has 6 heteroatoms. The van der Waals surface area contributed by atoms with Gasteiger partial charge in [0.1, 0.15) is 16.6 Å². The molecule has 1 fully saturated rings. The molecule has 1 aliphatic rings. The average Bonchev–Trinajstić information content (AvgIpc) is 2.64. The fraction of sp³-hybridized carbons (Fsp3) is 0.636. The van der Waals surface area contributed by atoms with Crippen LogP contribution in [0.15, 0.2) is 10.8 Å². The predicted molar refractivity (Wildman–Crippen MR) is 72.5 cm³/mol. The number of hydrogen-bond acceptors (Lipinski definition) is 5. The second-order valence-corrected chi connectivity index (χ2v) is 5.49. The van der Waals surface area contributed by atoms with Crippen LogP contribution in [0.25, 0.3) is 0 Å². The molecule has 1 aliphatic carbocycles. The number of nitrogens with zero attached hydrogens (tertiary/aromatic N) is 2. The lowest BCUT2D eigenvalue weighted by molar-refractivity contribution is 0.435. The molecule has 17 heavy (non-hydrogen) atoms. The first-order valence-electron chi connectivity index (χ1n) is 5.87. The maximum Gasteiger partial charge on any atom is 0.159 e. The summed E-state index contributed by atoms with van der Waals surface area (Å²) in [5.74, 6) is 8.20. The van der Waals surface area contributed by atoms with Crippen molar-refractivity contribution >= 4 is 27.6 Å². The molecule has 1 aromatic rings. The molecule has 0 amide bonds. The normalized spacial score (nSPS) is 28.1. The Kier molecular flexibility index (Phi) is 3.83. The van der Waals surface area contributed by atoms with Gasteiger partial charge in [-0.05, 0) is 40.6 Å². The molecule has 3 atom stereocenters. The maximum atomic E-state index is 5.38. The minimum atomic E-state index is 0.474. The highest BCUT2D eigenvalue weighted by molar-refractivity contribution is 9.10. The van der Waals surface area contributed by atoms with E-state index in [-0.39, 0.29) is 0 Å². The third-order valence-corrected chi connectivity index (χ3v) is 4.46. The van der Waals surface area contributed by atoms with Gasteiger partial charge in [0.2, 0.25) is 0 Å². The number of hydrogen-bond donors (Lipinski definition) is 3. The second kappa shape index (κ2) is 5.18. The lowest BCUT2D eigenvalue weighted by Crippen LogP contribution is -2.25. The first-order chi connectivity index (χ1) is 8.13. The quantitative estimate of drug-likeness (QED) is 0.590. The van der Waals surface area contributed by atoms with E-state index < -0.39 is 0 Å². The van der Waals surface area contributed by atoms with Gasteiger partial charge >= 0.3 is 0 Å². The maximum absolute atomic E-state index is 5.38. The highest BCUT2D eigenvalue weighted by atomic mass is 79.9. The minimum absolute atomic E-state index is 0.474. The molecule has 0 bridgehead atoms. The van der Waals surface area contributed by atoms with Crippen molar-refractivity contribution in [2.24, 2.45) is 17.7 Å². The van der Waals surface area contributed by atoms with E-state index in [0.717, 1.165) is 16.2 Å². The summed E-state index contributed by atoms with van der Waals surface area (Å²) in [6.07, 6.45) is 3.96. The highest BCUT2D eigenvalue weighted by Crippen LogP contribution is 2.35. The molecule has 3 unspecified atom stereocenters. The third-order valence-electron chi connectivity index (χ3n) is 3.71. The summed E-state index contributed by atoms with van der Waals surface area (Å²) in [5.41, 5.74) is 2.54. The molecule has 4 N–H and O–H groups in total. The Morgan fingerprint density at radius 1 is 1.29 bits per heavy atom. The number of halogens is 1. The van der Waals surface area contributed by atoms with E-state index in [2.05, 4.69) is 50.5 Å². The van der Waals surface area contributed by atoms with Gasteiger partial charge in [-0.25, -0.2) is 15.8 Å². The second-order valence-electron chi connectivity index (χ2n) is 4.69. The predicted octanol–water partition coefficient (Wildman–Crippen LogP) is 2.37. The van der Waals surface area contributed by atoms with Gasteiger partial charge in [0.15, 0.2) is 5.82 Å². The van der Waals surface area contributed by atoms with Gasteiger partial charge in [-0.3, -0.25) is 0 Å². The van der Waals surface area contributed by atoms with Crippen LogP contribution >= 0.6 is 15.9 Å². The fourth-order valence-corrected chi connectivity index (χ4v) is 2.75. The van der Waals surface area contributed by atoms with Crippen LogP contribution in [0, 0.1) is 11.8 Å². The summed E-state index contributed by atoms with van der Waals surface area (Å²) < 4.78 is 0.786. The number of hydrazine groups is 1. The number of anilines is 2. The smallest absolute Gasteiger partial charge is 0.159 e. The van der Waals surface area contributed by atoms with Gasteiger partial charge in [-0.2, -0.15) is 0 Å². The van der Waals surface area contributed by atoms with Crippen LogP contribution in [-0.2, 0) is 0 Å². The Balaban J connectivity index is 2.14. The SMILES string of the molecule is CC1CCC(Nc2ncnc(NN)c2Br)C1C. The standard InChI is InChI=1S/C11H18BrN5/c1-6-3-4-8(7(6)2)16-10-9(12)11(17-13)15-5-14-10/h5-8H,3-4,13H2,1-2H3,(H2,14,15,16,17). The highest BCUT2D eigenvalue weighted by Gasteiger charge is 2.30. The molecule has 1 saturated carbocycles. The van der Waals surface area contributed by atoms with Crippen LogP contribution in [0.2, 0.25) is 0 Å². The lowest BCUT2D eigenvalue weighted by Gasteiger charge is -2.21. The van der Waals surface area contributed by atoms with Gasteiger partial charge in [0.25, 0.3) is 0 Å². The topological polar surface area (TPSA) is 75.9 Å². The van der Waals surface area contributed by atoms with Crippen LogP contribution in [0.5, 0.6) is 0 Å². The molecule has 5 nitrogen and oxygen atoms in total. The molecule has 1 aromatic heterocycles. The van der Waals surface area contributed by atoms with E-state index in [4.69, 9.17) is 5.84 Å². The summed E-state index contributed by atoms with van der Waals surface area (Å²) in [5, 5.41) is 3.47. The third kappa shape index (κ3) is 2.52. The van der Waals surface area contributed by atoms with Crippen LogP contribution in [0.1, 0.15) is 26.7 Å². The average molecular weight is 300 g/mol. The van der Waals surface area contributed by atoms with Crippen LogP contribution in [0.3, 0.4) is 0 Å². The van der Waals surface area contributed by atoms with E-state index in [1.165, 1.54) is 19.2 Å². The number of rotatable bonds is 3. The first-order valence-corrected chi connectivity index (χ1v) is 6.66. The molecule has 0 aliphatic heterocycles. The molecule has 0 saturated heterocycles. The molecule has 0 radical (unpaired) electrons. The van der Waals surface area contributed by atoms with Crippen molar-refractivity contribution < 1.29 is 0 Å². The molecule has 94 valence electrons. The molecular weight excluding hydrogens is 282 g/mol. The number of nitrogens with one attached hydrogen (secondary N) is 2. The monoisotopic (exact) mass is 299 g/mol. The summed E-state index contributed by atoms with van der Waals surface area (Å²) in [7, 11) is 0. The molecule has 1 heterocycles. The van der Waals surface area contributed by atoms with E-state index in [1.807, 2.05) is 0 Å².